The second-order valence-electron chi connectivity index (χ2n) is 3.48. The molecule has 4 heteroatoms. The second kappa shape index (κ2) is 4.88. The number of thiophene rings is 1. The first kappa shape index (κ1) is 10.8. The van der Waals surface area contributed by atoms with Gasteiger partial charge in [-0.25, -0.2) is 4.98 Å². The lowest BCUT2D eigenvalue weighted by Gasteiger charge is -2.14. The van der Waals surface area contributed by atoms with Crippen LogP contribution in [0, 0.1) is 6.92 Å². The predicted molar refractivity (Wildman–Crippen MR) is 66.7 cm³/mol. The zero-order valence-corrected chi connectivity index (χ0v) is 10.5. The van der Waals surface area contributed by atoms with Crippen molar-refractivity contribution < 1.29 is 0 Å². The third-order valence-corrected chi connectivity index (χ3v) is 4.16. The Morgan fingerprint density at radius 2 is 2.33 bits per heavy atom. The molecular weight excluding hydrogens is 224 g/mol. The number of nitrogens with one attached hydrogen (secondary N) is 1. The molecule has 0 amide bonds. The molecule has 2 aromatic rings. The third kappa shape index (κ3) is 2.45. The first-order chi connectivity index (χ1) is 7.31. The van der Waals surface area contributed by atoms with Crippen molar-refractivity contribution in [3.05, 3.63) is 38.5 Å². The van der Waals surface area contributed by atoms with E-state index in [1.807, 2.05) is 18.6 Å². The number of hydrogen-bond acceptors (Lipinski definition) is 4. The minimum absolute atomic E-state index is 0.391. The lowest BCUT2D eigenvalue weighted by Crippen LogP contribution is -2.18. The summed E-state index contributed by atoms with van der Waals surface area (Å²) in [6.07, 6.45) is 2.85. The van der Waals surface area contributed by atoms with Crippen LogP contribution in [0.25, 0.3) is 0 Å². The van der Waals surface area contributed by atoms with E-state index in [0.717, 1.165) is 6.42 Å². The van der Waals surface area contributed by atoms with Gasteiger partial charge in [0.25, 0.3) is 0 Å². The Morgan fingerprint density at radius 3 is 2.87 bits per heavy atom. The lowest BCUT2D eigenvalue weighted by molar-refractivity contribution is 0.589. The first-order valence-electron chi connectivity index (χ1n) is 4.89. The van der Waals surface area contributed by atoms with Crippen LogP contribution in [0.1, 0.15) is 22.2 Å². The fourth-order valence-corrected chi connectivity index (χ4v) is 3.19. The number of hydrogen-bond donors (Lipinski definition) is 1. The highest BCUT2D eigenvalue weighted by Gasteiger charge is 2.14. The van der Waals surface area contributed by atoms with E-state index >= 15 is 0 Å². The van der Waals surface area contributed by atoms with Crippen LogP contribution in [0.15, 0.2) is 22.3 Å². The van der Waals surface area contributed by atoms with Crippen LogP contribution in [-0.2, 0) is 6.42 Å². The molecule has 0 saturated carbocycles. The Kier molecular flexibility index (Phi) is 3.51. The molecule has 1 atom stereocenters. The summed E-state index contributed by atoms with van der Waals surface area (Å²) in [5.41, 5.74) is 2.77. The zero-order chi connectivity index (χ0) is 10.7. The molecule has 0 saturated heterocycles. The van der Waals surface area contributed by atoms with Gasteiger partial charge >= 0.3 is 0 Å². The lowest BCUT2D eigenvalue weighted by atomic mass is 10.0. The molecular formula is C11H14N2S2. The van der Waals surface area contributed by atoms with E-state index in [1.54, 1.807) is 22.7 Å². The Bertz CT molecular complexity index is 406. The molecule has 0 bridgehead atoms. The average molecular weight is 238 g/mol. The van der Waals surface area contributed by atoms with Gasteiger partial charge in [0.1, 0.15) is 0 Å². The summed E-state index contributed by atoms with van der Waals surface area (Å²) < 4.78 is 0. The SMILES string of the molecule is CNC(Cc1nccs1)c1cscc1C. The van der Waals surface area contributed by atoms with E-state index in [2.05, 4.69) is 28.0 Å². The first-order valence-corrected chi connectivity index (χ1v) is 6.72. The van der Waals surface area contributed by atoms with Crippen LogP contribution in [0.2, 0.25) is 0 Å². The van der Waals surface area contributed by atoms with Gasteiger partial charge in [-0.15, -0.1) is 11.3 Å². The molecule has 0 fully saturated rings. The topological polar surface area (TPSA) is 24.9 Å². The summed E-state index contributed by atoms with van der Waals surface area (Å²) >= 11 is 3.49. The van der Waals surface area contributed by atoms with Crippen molar-refractivity contribution in [1.29, 1.82) is 0 Å². The van der Waals surface area contributed by atoms with Gasteiger partial charge in [-0.3, -0.25) is 0 Å². The molecule has 15 heavy (non-hydrogen) atoms. The van der Waals surface area contributed by atoms with Gasteiger partial charge in [0.05, 0.1) is 5.01 Å². The van der Waals surface area contributed by atoms with Crippen LogP contribution < -0.4 is 5.32 Å². The van der Waals surface area contributed by atoms with Gasteiger partial charge in [0.2, 0.25) is 0 Å². The molecule has 2 heterocycles. The van der Waals surface area contributed by atoms with Gasteiger partial charge in [-0.1, -0.05) is 0 Å². The highest BCUT2D eigenvalue weighted by molar-refractivity contribution is 7.09. The highest BCUT2D eigenvalue weighted by Crippen LogP contribution is 2.25. The third-order valence-electron chi connectivity index (χ3n) is 2.48. The van der Waals surface area contributed by atoms with E-state index in [1.165, 1.54) is 16.1 Å². The summed E-state index contributed by atoms with van der Waals surface area (Å²) in [5, 5.41) is 11.0. The van der Waals surface area contributed by atoms with E-state index in [0.29, 0.717) is 6.04 Å². The van der Waals surface area contributed by atoms with Gasteiger partial charge in [0, 0.05) is 24.0 Å². The largest absolute Gasteiger partial charge is 0.313 e. The quantitative estimate of drug-likeness (QED) is 0.885. The standard InChI is InChI=1S/C11H14N2S2/c1-8-6-14-7-9(8)10(12-2)5-11-13-3-4-15-11/h3-4,6-7,10,12H,5H2,1-2H3. The molecule has 0 aliphatic carbocycles. The molecule has 2 nitrogen and oxygen atoms in total. The van der Waals surface area contributed by atoms with Gasteiger partial charge in [-0.05, 0) is 35.9 Å². The fraction of sp³-hybridized carbons (Fsp3) is 0.364. The number of aryl methyl sites for hydroxylation is 1. The zero-order valence-electron chi connectivity index (χ0n) is 8.86. The molecule has 0 aromatic carbocycles. The summed E-state index contributed by atoms with van der Waals surface area (Å²) in [5.74, 6) is 0. The van der Waals surface area contributed by atoms with Gasteiger partial charge in [-0.2, -0.15) is 11.3 Å². The maximum absolute atomic E-state index is 4.33. The van der Waals surface area contributed by atoms with Crippen LogP contribution in [0.5, 0.6) is 0 Å². The molecule has 2 aromatic heterocycles. The van der Waals surface area contributed by atoms with Crippen LogP contribution in [0.4, 0.5) is 0 Å². The maximum Gasteiger partial charge on any atom is 0.0943 e. The highest BCUT2D eigenvalue weighted by atomic mass is 32.1. The summed E-state index contributed by atoms with van der Waals surface area (Å²) in [4.78, 5) is 4.33. The second-order valence-corrected chi connectivity index (χ2v) is 5.20. The van der Waals surface area contributed by atoms with Crippen LogP contribution in [-0.4, -0.2) is 12.0 Å². The van der Waals surface area contributed by atoms with Crippen molar-refractivity contribution in [1.82, 2.24) is 10.3 Å². The average Bonchev–Trinajstić information content (AvgIpc) is 2.85. The van der Waals surface area contributed by atoms with Crippen molar-refractivity contribution in [2.24, 2.45) is 0 Å². The fourth-order valence-electron chi connectivity index (χ4n) is 1.62. The normalized spacial score (nSPS) is 12.9. The Balaban J connectivity index is 2.15. The van der Waals surface area contributed by atoms with Crippen molar-refractivity contribution in [3.63, 3.8) is 0 Å². The van der Waals surface area contributed by atoms with Gasteiger partial charge < -0.3 is 5.32 Å². The van der Waals surface area contributed by atoms with E-state index < -0.39 is 0 Å². The minimum atomic E-state index is 0.391. The number of nitrogens with zero attached hydrogens (tertiary/aromatic N) is 1. The van der Waals surface area contributed by atoms with Crippen molar-refractivity contribution in [2.45, 2.75) is 19.4 Å². The summed E-state index contributed by atoms with van der Waals surface area (Å²) in [7, 11) is 2.01. The van der Waals surface area contributed by atoms with E-state index in [4.69, 9.17) is 0 Å². The van der Waals surface area contributed by atoms with Crippen molar-refractivity contribution in [2.75, 3.05) is 7.05 Å². The predicted octanol–water partition coefficient (Wildman–Crippen LogP) is 3.02. The molecule has 2 rings (SSSR count). The van der Waals surface area contributed by atoms with Crippen molar-refractivity contribution >= 4 is 22.7 Å². The Morgan fingerprint density at radius 1 is 1.47 bits per heavy atom. The summed E-state index contributed by atoms with van der Waals surface area (Å²) in [6, 6.07) is 0.391. The summed E-state index contributed by atoms with van der Waals surface area (Å²) in [6.45, 7) is 2.16. The monoisotopic (exact) mass is 238 g/mol. The number of likely N-dealkylation sites (N-methyl/N-ethyl adjacent to an activating group) is 1. The molecule has 1 unspecified atom stereocenters. The Hall–Kier alpha value is -0.710. The van der Waals surface area contributed by atoms with Crippen molar-refractivity contribution in [3.8, 4) is 0 Å². The number of rotatable bonds is 4. The van der Waals surface area contributed by atoms with Gasteiger partial charge in [0.15, 0.2) is 0 Å². The van der Waals surface area contributed by atoms with E-state index in [9.17, 15) is 0 Å². The maximum atomic E-state index is 4.33. The molecule has 0 spiro atoms. The molecule has 0 aliphatic heterocycles. The minimum Gasteiger partial charge on any atom is -0.313 e. The van der Waals surface area contributed by atoms with Crippen LogP contribution in [0.3, 0.4) is 0 Å². The molecule has 0 aliphatic rings. The van der Waals surface area contributed by atoms with E-state index in [-0.39, 0.29) is 0 Å². The Labute approximate surface area is 98.0 Å². The molecule has 80 valence electrons. The smallest absolute Gasteiger partial charge is 0.0943 e. The molecule has 1 N–H and O–H groups in total. The number of thiazole rings is 1. The molecule has 0 radical (unpaired) electrons. The van der Waals surface area contributed by atoms with Crippen LogP contribution >= 0.6 is 22.7 Å². The number of aromatic nitrogens is 1.